The normalized spacial score (nSPS) is 14.2. The van der Waals surface area contributed by atoms with Crippen molar-refractivity contribution in [3.63, 3.8) is 0 Å². The third-order valence-corrected chi connectivity index (χ3v) is 10.2. The highest BCUT2D eigenvalue weighted by Gasteiger charge is 2.43. The zero-order valence-electron chi connectivity index (χ0n) is 32.1. The summed E-state index contributed by atoms with van der Waals surface area (Å²) in [4.78, 5) is 30.4. The highest BCUT2D eigenvalue weighted by atomic mass is 16.5. The Hall–Kier alpha value is -6.81. The van der Waals surface area contributed by atoms with Crippen molar-refractivity contribution in [2.45, 2.75) is 45.3 Å². The summed E-state index contributed by atoms with van der Waals surface area (Å²) in [6.07, 6.45) is 1.33. The Balaban J connectivity index is 1.36. The summed E-state index contributed by atoms with van der Waals surface area (Å²) in [6.45, 7) is 9.48. The molecular weight excluding hydrogens is 699 g/mol. The van der Waals surface area contributed by atoms with Crippen LogP contribution in [-0.4, -0.2) is 56.8 Å². The number of aromatic nitrogens is 4. The van der Waals surface area contributed by atoms with Crippen molar-refractivity contribution in [3.8, 4) is 22.5 Å². The van der Waals surface area contributed by atoms with Gasteiger partial charge in [0.05, 0.1) is 6.61 Å². The molecule has 2 heterocycles. The molecule has 7 rings (SSSR count). The lowest BCUT2D eigenvalue weighted by molar-refractivity contribution is -0.138. The molecule has 0 spiro atoms. The average Bonchev–Trinajstić information content (AvgIpc) is 3.83. The van der Waals surface area contributed by atoms with Crippen LogP contribution in [0.3, 0.4) is 0 Å². The van der Waals surface area contributed by atoms with E-state index in [-0.39, 0.29) is 24.4 Å². The molecule has 5 aromatic carbocycles. The van der Waals surface area contributed by atoms with Gasteiger partial charge in [0.2, 0.25) is 0 Å². The summed E-state index contributed by atoms with van der Waals surface area (Å²) in [5, 5.41) is 16.7. The van der Waals surface area contributed by atoms with E-state index in [4.69, 9.17) is 15.0 Å². The fraction of sp³-hybridized carbons (Fsp3) is 0.196. The summed E-state index contributed by atoms with van der Waals surface area (Å²) >= 11 is 0. The van der Waals surface area contributed by atoms with Crippen LogP contribution in [0.25, 0.3) is 22.5 Å². The van der Waals surface area contributed by atoms with Gasteiger partial charge in [-0.1, -0.05) is 147 Å². The quantitative estimate of drug-likeness (QED) is 0.0718. The second-order valence-electron chi connectivity index (χ2n) is 13.7. The van der Waals surface area contributed by atoms with Gasteiger partial charge < -0.3 is 19.9 Å². The highest BCUT2D eigenvalue weighted by Crippen LogP contribution is 2.44. The fourth-order valence-electron chi connectivity index (χ4n) is 7.61. The predicted molar refractivity (Wildman–Crippen MR) is 219 cm³/mol. The largest absolute Gasteiger partial charge is 0.461 e. The summed E-state index contributed by atoms with van der Waals surface area (Å²) in [6, 6.07) is 47.2. The van der Waals surface area contributed by atoms with Crippen molar-refractivity contribution in [1.29, 1.82) is 0 Å². The number of hydrogen-bond donors (Lipinski definition) is 1. The van der Waals surface area contributed by atoms with Crippen LogP contribution in [0.1, 0.15) is 50.3 Å². The van der Waals surface area contributed by atoms with Crippen LogP contribution in [0.15, 0.2) is 163 Å². The van der Waals surface area contributed by atoms with Gasteiger partial charge in [0, 0.05) is 23.9 Å². The molecule has 10 heteroatoms. The molecule has 0 fully saturated rings. The van der Waals surface area contributed by atoms with Gasteiger partial charge >= 0.3 is 5.97 Å². The Labute approximate surface area is 327 Å². The minimum atomic E-state index is -0.914. The van der Waals surface area contributed by atoms with E-state index in [0.717, 1.165) is 51.9 Å². The summed E-state index contributed by atoms with van der Waals surface area (Å²) in [7, 11) is 1.88. The second kappa shape index (κ2) is 16.3. The monoisotopic (exact) mass is 743 g/mol. The van der Waals surface area contributed by atoms with Gasteiger partial charge in [0.15, 0.2) is 11.5 Å². The number of carbonyl (C=O) groups excluding carboxylic acids is 2. The Morgan fingerprint density at radius 2 is 1.30 bits per heavy atom. The molecule has 10 nitrogen and oxygen atoms in total. The molecular formula is C46H45N7O3. The SMILES string of the molecule is C=C(C)C(=O)NC1=C(C(=O)OCC)N(c2ccc(-c3ccccc3-c3nnnn3C(c3ccccc3)(c3ccccc3)c3ccccc3)cc2)C(CCC)N1C. The van der Waals surface area contributed by atoms with Gasteiger partial charge in [-0.3, -0.25) is 4.79 Å². The molecule has 1 atom stereocenters. The zero-order valence-corrected chi connectivity index (χ0v) is 32.1. The van der Waals surface area contributed by atoms with Crippen LogP contribution >= 0.6 is 0 Å². The molecule has 0 saturated heterocycles. The number of ether oxygens (including phenoxy) is 1. The van der Waals surface area contributed by atoms with Crippen molar-refractivity contribution in [3.05, 3.63) is 180 Å². The molecule has 6 aromatic rings. The summed E-state index contributed by atoms with van der Waals surface area (Å²) < 4.78 is 7.49. The third kappa shape index (κ3) is 6.74. The predicted octanol–water partition coefficient (Wildman–Crippen LogP) is 8.15. The van der Waals surface area contributed by atoms with Crippen molar-refractivity contribution in [1.82, 2.24) is 30.4 Å². The van der Waals surface area contributed by atoms with E-state index in [9.17, 15) is 9.59 Å². The number of hydrogen-bond acceptors (Lipinski definition) is 8. The fourth-order valence-corrected chi connectivity index (χ4v) is 7.61. The van der Waals surface area contributed by atoms with Gasteiger partial charge in [-0.2, -0.15) is 0 Å². The van der Waals surface area contributed by atoms with Gasteiger partial charge in [0.25, 0.3) is 5.91 Å². The van der Waals surface area contributed by atoms with E-state index in [2.05, 4.69) is 66.5 Å². The van der Waals surface area contributed by atoms with Crippen LogP contribution in [0.2, 0.25) is 0 Å². The summed E-state index contributed by atoms with van der Waals surface area (Å²) in [5.41, 5.74) is 6.20. The number of amides is 1. The van der Waals surface area contributed by atoms with Crippen LogP contribution in [-0.2, 0) is 19.9 Å². The number of benzene rings is 5. The van der Waals surface area contributed by atoms with E-state index < -0.39 is 11.5 Å². The molecule has 0 bridgehead atoms. The van der Waals surface area contributed by atoms with E-state index in [1.165, 1.54) is 0 Å². The zero-order chi connectivity index (χ0) is 39.2. The maximum Gasteiger partial charge on any atom is 0.358 e. The molecule has 1 aromatic heterocycles. The Morgan fingerprint density at radius 3 is 1.82 bits per heavy atom. The number of anilines is 1. The number of esters is 1. The molecule has 0 saturated carbocycles. The van der Waals surface area contributed by atoms with Gasteiger partial charge in [0.1, 0.15) is 17.5 Å². The molecule has 282 valence electrons. The van der Waals surface area contributed by atoms with Crippen molar-refractivity contribution >= 4 is 17.6 Å². The van der Waals surface area contributed by atoms with E-state index in [1.807, 2.05) is 119 Å². The molecule has 0 radical (unpaired) electrons. The Bertz CT molecular complexity index is 2260. The first-order valence-corrected chi connectivity index (χ1v) is 18.9. The first-order chi connectivity index (χ1) is 27.3. The lowest BCUT2D eigenvalue weighted by Gasteiger charge is -2.36. The number of nitrogens with zero attached hydrogens (tertiary/aromatic N) is 6. The minimum Gasteiger partial charge on any atom is -0.461 e. The van der Waals surface area contributed by atoms with Gasteiger partial charge in [-0.05, 0) is 70.6 Å². The van der Waals surface area contributed by atoms with E-state index in [0.29, 0.717) is 17.2 Å². The van der Waals surface area contributed by atoms with Crippen LogP contribution in [0.4, 0.5) is 5.69 Å². The minimum absolute atomic E-state index is 0.190. The summed E-state index contributed by atoms with van der Waals surface area (Å²) in [5.74, 6) is 0.0940. The third-order valence-electron chi connectivity index (χ3n) is 10.2. The van der Waals surface area contributed by atoms with Crippen LogP contribution in [0.5, 0.6) is 0 Å². The lowest BCUT2D eigenvalue weighted by Crippen LogP contribution is -2.41. The van der Waals surface area contributed by atoms with Crippen molar-refractivity contribution in [2.24, 2.45) is 0 Å². The topological polar surface area (TPSA) is 105 Å². The van der Waals surface area contributed by atoms with Crippen LogP contribution in [0, 0.1) is 0 Å². The van der Waals surface area contributed by atoms with E-state index >= 15 is 0 Å². The Morgan fingerprint density at radius 1 is 0.768 bits per heavy atom. The van der Waals surface area contributed by atoms with Gasteiger partial charge in [-0.25, -0.2) is 9.48 Å². The maximum atomic E-state index is 13.6. The molecule has 1 aliphatic heterocycles. The molecule has 0 aliphatic carbocycles. The van der Waals surface area contributed by atoms with Crippen molar-refractivity contribution < 1.29 is 14.3 Å². The lowest BCUT2D eigenvalue weighted by atomic mass is 9.77. The first kappa shape index (κ1) is 37.5. The van der Waals surface area contributed by atoms with Gasteiger partial charge in [-0.15, -0.1) is 5.10 Å². The second-order valence-corrected chi connectivity index (χ2v) is 13.7. The molecule has 1 N–H and O–H groups in total. The average molecular weight is 744 g/mol. The Kier molecular flexibility index (Phi) is 10.9. The molecule has 1 aliphatic rings. The number of rotatable bonds is 13. The van der Waals surface area contributed by atoms with Crippen LogP contribution < -0.4 is 10.2 Å². The maximum absolute atomic E-state index is 13.6. The smallest absolute Gasteiger partial charge is 0.358 e. The highest BCUT2D eigenvalue weighted by molar-refractivity contribution is 5.98. The first-order valence-electron chi connectivity index (χ1n) is 18.9. The molecule has 1 unspecified atom stereocenters. The molecule has 56 heavy (non-hydrogen) atoms. The van der Waals surface area contributed by atoms with E-state index in [1.54, 1.807) is 13.8 Å². The number of carbonyl (C=O) groups is 2. The van der Waals surface area contributed by atoms with Crippen molar-refractivity contribution in [2.75, 3.05) is 18.6 Å². The number of tetrazole rings is 1. The standard InChI is InChI=1S/C46H45N7O3/c1-6-19-40-51(5)43(47-44(54)32(3)4)41(45(55)56-7-2)52(40)37-30-28-33(29-31-37)38-26-17-18-27-39(38)42-48-49-50-53(42)46(34-20-11-8-12-21-34,35-22-13-9-14-23-35)36-24-15-10-16-25-36/h8-18,20-31,40H,3,6-7,19H2,1-2,4-5H3,(H,47,54). The molecule has 1 amide bonds. The number of nitrogens with one attached hydrogen (secondary N) is 1.